The lowest BCUT2D eigenvalue weighted by molar-refractivity contribution is -0.0366. The van der Waals surface area contributed by atoms with Crippen LogP contribution in [0, 0.1) is 0 Å². The zero-order valence-electron chi connectivity index (χ0n) is 19.4. The number of benzene rings is 2. The van der Waals surface area contributed by atoms with Crippen LogP contribution in [0.25, 0.3) is 10.9 Å². The molecule has 5 nitrogen and oxygen atoms in total. The summed E-state index contributed by atoms with van der Waals surface area (Å²) in [5.41, 5.74) is 4.66. The minimum absolute atomic E-state index is 0.00145. The molecular formula is C26H31BrFN3O2. The van der Waals surface area contributed by atoms with E-state index in [1.165, 1.54) is 16.5 Å². The van der Waals surface area contributed by atoms with Crippen LogP contribution >= 0.6 is 15.9 Å². The molecule has 0 N–H and O–H groups in total. The first-order valence-electron chi connectivity index (χ1n) is 11.8. The first kappa shape index (κ1) is 22.8. The van der Waals surface area contributed by atoms with Gasteiger partial charge in [-0.1, -0.05) is 28.1 Å². The van der Waals surface area contributed by atoms with Crippen LogP contribution in [0.1, 0.15) is 62.1 Å². The number of fused-ring (bicyclic) bond motifs is 3. The van der Waals surface area contributed by atoms with Crippen molar-refractivity contribution in [2.75, 3.05) is 20.3 Å². The van der Waals surface area contributed by atoms with Crippen LogP contribution in [0.4, 0.5) is 4.39 Å². The highest BCUT2D eigenvalue weighted by molar-refractivity contribution is 9.10. The number of hydrogen-bond acceptors (Lipinski definition) is 4. The van der Waals surface area contributed by atoms with Gasteiger partial charge < -0.3 is 9.47 Å². The summed E-state index contributed by atoms with van der Waals surface area (Å²) in [7, 11) is 1.69. The van der Waals surface area contributed by atoms with E-state index in [0.29, 0.717) is 6.54 Å². The van der Waals surface area contributed by atoms with Crippen molar-refractivity contribution in [1.82, 2.24) is 14.7 Å². The summed E-state index contributed by atoms with van der Waals surface area (Å²) in [6.45, 7) is 4.99. The Bertz CT molecular complexity index is 1140. The first-order valence-corrected chi connectivity index (χ1v) is 12.6. The molecule has 0 spiro atoms. The summed E-state index contributed by atoms with van der Waals surface area (Å²) in [6.07, 6.45) is 5.19. The Morgan fingerprint density at radius 1 is 1.24 bits per heavy atom. The van der Waals surface area contributed by atoms with E-state index in [1.54, 1.807) is 14.0 Å². The van der Waals surface area contributed by atoms with Crippen molar-refractivity contribution in [2.45, 2.75) is 64.0 Å². The Morgan fingerprint density at radius 2 is 2.06 bits per heavy atom. The maximum absolute atomic E-state index is 14.3. The number of aromatic nitrogens is 2. The molecule has 0 bridgehead atoms. The molecule has 1 fully saturated rings. The van der Waals surface area contributed by atoms with Crippen molar-refractivity contribution in [3.05, 3.63) is 57.7 Å². The average Bonchev–Trinajstić information content (AvgIpc) is 3.25. The Balaban J connectivity index is 1.66. The van der Waals surface area contributed by atoms with Crippen molar-refractivity contribution >= 4 is 26.8 Å². The fourth-order valence-corrected chi connectivity index (χ4v) is 5.84. The maximum atomic E-state index is 14.3. The first-order chi connectivity index (χ1) is 16.0. The van der Waals surface area contributed by atoms with Crippen molar-refractivity contribution < 1.29 is 13.9 Å². The Kier molecular flexibility index (Phi) is 6.47. The molecule has 4 atom stereocenters. The highest BCUT2D eigenvalue weighted by Crippen LogP contribution is 2.44. The molecule has 1 saturated heterocycles. The predicted molar refractivity (Wildman–Crippen MR) is 132 cm³/mol. The molecule has 7 heteroatoms. The van der Waals surface area contributed by atoms with Gasteiger partial charge in [-0.25, -0.2) is 9.07 Å². The van der Waals surface area contributed by atoms with Gasteiger partial charge in [-0.2, -0.15) is 5.10 Å². The molecule has 0 saturated carbocycles. The minimum Gasteiger partial charge on any atom is -0.496 e. The smallest absolute Gasteiger partial charge is 0.150 e. The molecule has 0 aliphatic carbocycles. The highest BCUT2D eigenvalue weighted by atomic mass is 79.9. The summed E-state index contributed by atoms with van der Waals surface area (Å²) < 4.78 is 29.1. The van der Waals surface area contributed by atoms with Gasteiger partial charge in [-0.15, -0.1) is 0 Å². The van der Waals surface area contributed by atoms with E-state index in [1.807, 2.05) is 23.0 Å². The van der Waals surface area contributed by atoms with E-state index in [0.717, 1.165) is 53.6 Å². The molecule has 0 radical (unpaired) electrons. The van der Waals surface area contributed by atoms with Gasteiger partial charge in [0, 0.05) is 34.6 Å². The van der Waals surface area contributed by atoms with Crippen LogP contribution in [0.5, 0.6) is 5.75 Å². The van der Waals surface area contributed by atoms with Crippen molar-refractivity contribution in [2.24, 2.45) is 0 Å². The van der Waals surface area contributed by atoms with E-state index in [4.69, 9.17) is 14.6 Å². The van der Waals surface area contributed by atoms with Crippen LogP contribution in [-0.2, 0) is 11.2 Å². The number of halogens is 2. The molecule has 0 amide bonds. The predicted octanol–water partition coefficient (Wildman–Crippen LogP) is 6.20. The summed E-state index contributed by atoms with van der Waals surface area (Å²) >= 11 is 3.56. The fourth-order valence-electron chi connectivity index (χ4n) is 5.50. The van der Waals surface area contributed by atoms with Crippen LogP contribution in [0.3, 0.4) is 0 Å². The second-order valence-corrected chi connectivity index (χ2v) is 10.2. The summed E-state index contributed by atoms with van der Waals surface area (Å²) in [6, 6.07) is 10.6. The van der Waals surface area contributed by atoms with Crippen LogP contribution in [0.2, 0.25) is 0 Å². The zero-order chi connectivity index (χ0) is 23.1. The van der Waals surface area contributed by atoms with E-state index < -0.39 is 6.17 Å². The molecule has 2 aliphatic heterocycles. The van der Waals surface area contributed by atoms with Gasteiger partial charge in [0.1, 0.15) is 11.9 Å². The van der Waals surface area contributed by atoms with Gasteiger partial charge in [0.05, 0.1) is 24.9 Å². The zero-order valence-corrected chi connectivity index (χ0v) is 21.0. The number of methoxy groups -OCH3 is 1. The molecule has 1 aromatic heterocycles. The summed E-state index contributed by atoms with van der Waals surface area (Å²) in [5.74, 6) is 0.803. The van der Waals surface area contributed by atoms with Gasteiger partial charge in [0.25, 0.3) is 0 Å². The topological polar surface area (TPSA) is 39.5 Å². The van der Waals surface area contributed by atoms with Gasteiger partial charge >= 0.3 is 0 Å². The number of rotatable bonds is 5. The summed E-state index contributed by atoms with van der Waals surface area (Å²) in [5, 5.41) is 5.92. The van der Waals surface area contributed by atoms with Crippen molar-refractivity contribution in [3.63, 3.8) is 0 Å². The number of alkyl halides is 1. The Morgan fingerprint density at radius 3 is 2.79 bits per heavy atom. The number of ether oxygens (including phenoxy) is 2. The lowest BCUT2D eigenvalue weighted by Gasteiger charge is -2.43. The second-order valence-electron chi connectivity index (χ2n) is 9.30. The van der Waals surface area contributed by atoms with Crippen LogP contribution in [-0.4, -0.2) is 47.2 Å². The molecule has 33 heavy (non-hydrogen) atoms. The molecular weight excluding hydrogens is 485 g/mol. The Hall–Kier alpha value is -1.96. The van der Waals surface area contributed by atoms with E-state index in [2.05, 4.69) is 46.0 Å². The van der Waals surface area contributed by atoms with Gasteiger partial charge in [0.2, 0.25) is 0 Å². The molecule has 5 rings (SSSR count). The van der Waals surface area contributed by atoms with E-state index >= 15 is 0 Å². The second kappa shape index (κ2) is 9.35. The van der Waals surface area contributed by atoms with Crippen molar-refractivity contribution in [1.29, 1.82) is 0 Å². The largest absolute Gasteiger partial charge is 0.496 e. The molecule has 2 aliphatic rings. The van der Waals surface area contributed by atoms with Crippen LogP contribution < -0.4 is 4.74 Å². The quantitative estimate of drug-likeness (QED) is 0.405. The average molecular weight is 516 g/mol. The lowest BCUT2D eigenvalue weighted by atomic mass is 9.83. The molecule has 3 heterocycles. The molecule has 176 valence electrons. The molecule has 3 aromatic rings. The van der Waals surface area contributed by atoms with E-state index in [-0.39, 0.29) is 18.3 Å². The minimum atomic E-state index is -0.923. The Labute approximate surface area is 203 Å². The van der Waals surface area contributed by atoms with E-state index in [9.17, 15) is 4.39 Å². The third-order valence-electron chi connectivity index (χ3n) is 7.00. The monoisotopic (exact) mass is 515 g/mol. The standard InChI is InChI=1S/C26H31BrFN3O2/c1-16(28)15-30-17(2)12-21-19(26(30)20-8-7-18(27)13-24(20)32-3)9-10-23-22(21)14-29-31(23)25-6-4-5-11-33-25/h7-10,13-14,16-17,25-26H,4-6,11-12,15H2,1-3H3/t16?,17-,25?,26+/m1/s1. The van der Waals surface area contributed by atoms with Crippen LogP contribution in [0.15, 0.2) is 41.0 Å². The van der Waals surface area contributed by atoms with Gasteiger partial charge in [-0.3, -0.25) is 4.90 Å². The maximum Gasteiger partial charge on any atom is 0.150 e. The summed E-state index contributed by atoms with van der Waals surface area (Å²) in [4.78, 5) is 2.28. The molecule has 2 aromatic carbocycles. The van der Waals surface area contributed by atoms with Gasteiger partial charge in [0.15, 0.2) is 6.23 Å². The lowest BCUT2D eigenvalue weighted by Crippen LogP contribution is -2.45. The SMILES string of the molecule is COc1cc(Br)ccc1[C@@H]1c2ccc3c(cnn3C3CCCCO3)c2C[C@@H](C)N1CC(C)F. The molecule has 2 unspecified atom stereocenters. The highest BCUT2D eigenvalue weighted by Gasteiger charge is 2.37. The number of nitrogens with zero attached hydrogens (tertiary/aromatic N) is 3. The number of hydrogen-bond donors (Lipinski definition) is 0. The third kappa shape index (κ3) is 4.19. The van der Waals surface area contributed by atoms with Gasteiger partial charge in [-0.05, 0) is 68.9 Å². The normalized spacial score (nSPS) is 24.6. The third-order valence-corrected chi connectivity index (χ3v) is 7.49. The van der Waals surface area contributed by atoms with Crippen molar-refractivity contribution in [3.8, 4) is 5.75 Å². The fraction of sp³-hybridized carbons (Fsp3) is 0.500.